The van der Waals surface area contributed by atoms with Crippen LogP contribution in [0, 0.1) is 0 Å². The molecule has 0 aliphatic carbocycles. The van der Waals surface area contributed by atoms with E-state index in [9.17, 15) is 35.1 Å². The Labute approximate surface area is 71.3 Å². The van der Waals surface area contributed by atoms with E-state index >= 15 is 0 Å². The van der Waals surface area contributed by atoms with Gasteiger partial charge in [0.05, 0.1) is 0 Å². The molecule has 0 amide bonds. The Kier molecular flexibility index (Phi) is 3.67. The van der Waals surface area contributed by atoms with Crippen LogP contribution < -0.4 is 0 Å². The molecule has 0 aromatic rings. The van der Waals surface area contributed by atoms with Gasteiger partial charge in [-0.2, -0.15) is 26.8 Å². The molecule has 0 rings (SSSR count). The van der Waals surface area contributed by atoms with Gasteiger partial charge in [0.15, 0.2) is 0 Å². The highest BCUT2D eigenvalue weighted by atomic mass is 19.4. The molecule has 2 nitrogen and oxygen atoms in total. The van der Waals surface area contributed by atoms with E-state index in [1.165, 1.54) is 0 Å². The molecular formula is C4H2F8O2. The number of rotatable bonds is 3. The van der Waals surface area contributed by atoms with Crippen LogP contribution in [0.5, 0.6) is 0 Å². The highest BCUT2D eigenvalue weighted by Crippen LogP contribution is 2.34. The van der Waals surface area contributed by atoms with Gasteiger partial charge in [-0.1, -0.05) is 0 Å². The van der Waals surface area contributed by atoms with E-state index in [2.05, 4.69) is 9.78 Å². The summed E-state index contributed by atoms with van der Waals surface area (Å²) >= 11 is 0. The Morgan fingerprint density at radius 2 is 1.14 bits per heavy atom. The average molecular weight is 234 g/mol. The van der Waals surface area contributed by atoms with Crippen molar-refractivity contribution in [2.45, 2.75) is 25.1 Å². The van der Waals surface area contributed by atoms with Crippen molar-refractivity contribution in [3.8, 4) is 0 Å². The van der Waals surface area contributed by atoms with Crippen molar-refractivity contribution >= 4 is 0 Å². The van der Waals surface area contributed by atoms with E-state index in [0.29, 0.717) is 0 Å². The lowest BCUT2D eigenvalue weighted by molar-refractivity contribution is -0.553. The minimum Gasteiger partial charge on any atom is -0.173 e. The summed E-state index contributed by atoms with van der Waals surface area (Å²) in [5.74, 6) is 0. The molecule has 0 radical (unpaired) electrons. The highest BCUT2D eigenvalue weighted by molar-refractivity contribution is 4.58. The Bertz CT molecular complexity index is 181. The summed E-state index contributed by atoms with van der Waals surface area (Å²) in [5, 5.41) is 0. The minimum absolute atomic E-state index is 2.09. The zero-order chi connectivity index (χ0) is 11.6. The van der Waals surface area contributed by atoms with E-state index in [1.54, 1.807) is 0 Å². The van der Waals surface area contributed by atoms with Crippen LogP contribution in [-0.2, 0) is 9.78 Å². The van der Waals surface area contributed by atoms with Crippen molar-refractivity contribution in [3.05, 3.63) is 0 Å². The summed E-state index contributed by atoms with van der Waals surface area (Å²) in [4.78, 5) is 4.38. The molecule has 0 heterocycles. The normalized spacial score (nSPS) is 14.6. The summed E-state index contributed by atoms with van der Waals surface area (Å²) in [5.41, 5.74) is 0. The predicted octanol–water partition coefficient (Wildman–Crippen LogP) is 3.00. The Balaban J connectivity index is 4.09. The Morgan fingerprint density at radius 3 is 1.43 bits per heavy atom. The van der Waals surface area contributed by atoms with E-state index in [-0.39, 0.29) is 0 Å². The van der Waals surface area contributed by atoms with E-state index in [4.69, 9.17) is 0 Å². The SMILES string of the molecule is FC(F)(F)CC(F)(F)OOC(F)(F)F. The summed E-state index contributed by atoms with van der Waals surface area (Å²) in [6.07, 6.45) is -18.9. The lowest BCUT2D eigenvalue weighted by Gasteiger charge is -2.17. The molecule has 14 heavy (non-hydrogen) atoms. The number of halogens is 8. The second kappa shape index (κ2) is 3.85. The van der Waals surface area contributed by atoms with Crippen molar-refractivity contribution in [3.63, 3.8) is 0 Å². The third kappa shape index (κ3) is 7.98. The van der Waals surface area contributed by atoms with Crippen LogP contribution in [-0.4, -0.2) is 18.6 Å². The summed E-state index contributed by atoms with van der Waals surface area (Å²) in [6, 6.07) is 0. The molecule has 0 fully saturated rings. The van der Waals surface area contributed by atoms with Gasteiger partial charge in [0.2, 0.25) is 0 Å². The van der Waals surface area contributed by atoms with Gasteiger partial charge in [-0.05, 0) is 0 Å². The molecule has 86 valence electrons. The second-order valence-electron chi connectivity index (χ2n) is 2.04. The predicted molar refractivity (Wildman–Crippen MR) is 23.8 cm³/mol. The molecule has 0 atom stereocenters. The number of hydrogen-bond acceptors (Lipinski definition) is 2. The van der Waals surface area contributed by atoms with Crippen LogP contribution in [0.4, 0.5) is 35.1 Å². The molecule has 0 saturated carbocycles. The van der Waals surface area contributed by atoms with E-state index in [1.807, 2.05) is 0 Å². The largest absolute Gasteiger partial charge is 0.549 e. The van der Waals surface area contributed by atoms with Gasteiger partial charge in [-0.15, -0.1) is 18.1 Å². The molecular weight excluding hydrogens is 232 g/mol. The first-order valence-electron chi connectivity index (χ1n) is 2.79. The molecule has 10 heteroatoms. The zero-order valence-electron chi connectivity index (χ0n) is 6.05. The van der Waals surface area contributed by atoms with Crippen molar-refractivity contribution in [1.82, 2.24) is 0 Å². The van der Waals surface area contributed by atoms with Crippen LogP contribution in [0.2, 0.25) is 0 Å². The molecule has 0 saturated heterocycles. The summed E-state index contributed by atoms with van der Waals surface area (Å²) < 4.78 is 90.8. The Hall–Kier alpha value is -0.640. The molecule has 0 aliphatic rings. The van der Waals surface area contributed by atoms with Gasteiger partial charge < -0.3 is 0 Å². The van der Waals surface area contributed by atoms with Gasteiger partial charge >= 0.3 is 18.6 Å². The van der Waals surface area contributed by atoms with Crippen molar-refractivity contribution in [2.24, 2.45) is 0 Å². The van der Waals surface area contributed by atoms with Crippen LogP contribution in [0.1, 0.15) is 6.42 Å². The standard InChI is InChI=1S/C4H2F8O2/c5-2(6,7)1-3(8,9)13-14-4(10,11)12/h1H2. The maximum absolute atomic E-state index is 11.9. The van der Waals surface area contributed by atoms with Gasteiger partial charge in [-0.3, -0.25) is 0 Å². The smallest absolute Gasteiger partial charge is 0.173 e. The Morgan fingerprint density at radius 1 is 0.714 bits per heavy atom. The van der Waals surface area contributed by atoms with Crippen molar-refractivity contribution in [1.29, 1.82) is 0 Å². The van der Waals surface area contributed by atoms with E-state index in [0.717, 1.165) is 0 Å². The first-order chi connectivity index (χ1) is 5.91. The van der Waals surface area contributed by atoms with E-state index < -0.39 is 25.1 Å². The molecule has 0 spiro atoms. The van der Waals surface area contributed by atoms with Crippen LogP contribution in [0.15, 0.2) is 0 Å². The molecule has 0 aliphatic heterocycles. The summed E-state index contributed by atoms with van der Waals surface area (Å²) in [6.45, 7) is 0. The fourth-order valence-electron chi connectivity index (χ4n) is 0.371. The molecule has 0 bridgehead atoms. The molecule has 0 N–H and O–H groups in total. The van der Waals surface area contributed by atoms with Gasteiger partial charge in [-0.25, -0.2) is 0 Å². The van der Waals surface area contributed by atoms with Crippen LogP contribution in [0.3, 0.4) is 0 Å². The maximum Gasteiger partial charge on any atom is 0.549 e. The van der Waals surface area contributed by atoms with Crippen LogP contribution in [0.25, 0.3) is 0 Å². The van der Waals surface area contributed by atoms with Gasteiger partial charge in [0.1, 0.15) is 6.42 Å². The van der Waals surface area contributed by atoms with Crippen molar-refractivity contribution in [2.75, 3.05) is 0 Å². The topological polar surface area (TPSA) is 18.5 Å². The lowest BCUT2D eigenvalue weighted by atomic mass is 10.4. The number of alkyl halides is 8. The molecule has 0 unspecified atom stereocenters. The van der Waals surface area contributed by atoms with Gasteiger partial charge in [0, 0.05) is 0 Å². The molecule has 0 aromatic carbocycles. The number of hydrogen-bond donors (Lipinski definition) is 0. The third-order valence-electron chi connectivity index (χ3n) is 0.664. The highest BCUT2D eigenvalue weighted by Gasteiger charge is 2.48. The summed E-state index contributed by atoms with van der Waals surface area (Å²) in [7, 11) is 0. The third-order valence-corrected chi connectivity index (χ3v) is 0.664. The zero-order valence-corrected chi connectivity index (χ0v) is 6.05. The first-order valence-corrected chi connectivity index (χ1v) is 2.79. The second-order valence-corrected chi connectivity index (χ2v) is 2.04. The van der Waals surface area contributed by atoms with Crippen LogP contribution >= 0.6 is 0 Å². The fraction of sp³-hybridized carbons (Fsp3) is 1.00. The van der Waals surface area contributed by atoms with Crippen molar-refractivity contribution < 1.29 is 44.9 Å². The maximum atomic E-state index is 11.9. The monoisotopic (exact) mass is 234 g/mol. The fourth-order valence-corrected chi connectivity index (χ4v) is 0.371. The lowest BCUT2D eigenvalue weighted by Crippen LogP contribution is -2.31. The molecule has 0 aromatic heterocycles. The van der Waals surface area contributed by atoms with Gasteiger partial charge in [0.25, 0.3) is 0 Å². The minimum atomic E-state index is -5.59. The average Bonchev–Trinajstić information content (AvgIpc) is 1.76. The first kappa shape index (κ1) is 13.4. The quantitative estimate of drug-likeness (QED) is 0.424.